The Kier molecular flexibility index (Phi) is 6.90. The molecule has 0 aromatic heterocycles. The van der Waals surface area contributed by atoms with E-state index in [0.717, 1.165) is 17.5 Å². The normalized spacial score (nSPS) is 12.1. The molecule has 0 aliphatic carbocycles. The summed E-state index contributed by atoms with van der Waals surface area (Å²) in [6.45, 7) is 0.589. The lowest BCUT2D eigenvalue weighted by Crippen LogP contribution is -2.39. The predicted molar refractivity (Wildman–Crippen MR) is 94.4 cm³/mol. The summed E-state index contributed by atoms with van der Waals surface area (Å²) < 4.78 is 0. The van der Waals surface area contributed by atoms with Crippen LogP contribution in [-0.4, -0.2) is 23.7 Å². The molecule has 1 atom stereocenters. The Morgan fingerprint density at radius 3 is 2.30 bits per heavy atom. The lowest BCUT2D eigenvalue weighted by atomic mass is 10.1. The minimum absolute atomic E-state index is 0.461. The van der Waals surface area contributed by atoms with Crippen molar-refractivity contribution < 1.29 is 9.90 Å². The van der Waals surface area contributed by atoms with Crippen LogP contribution in [0.25, 0.3) is 0 Å². The van der Waals surface area contributed by atoms with Gasteiger partial charge in [-0.1, -0.05) is 59.6 Å². The van der Waals surface area contributed by atoms with Crippen LogP contribution in [0, 0.1) is 0 Å². The van der Waals surface area contributed by atoms with Crippen LogP contribution in [0.4, 0.5) is 0 Å². The van der Waals surface area contributed by atoms with E-state index in [-0.39, 0.29) is 0 Å². The molecule has 5 heteroatoms. The van der Waals surface area contributed by atoms with Crippen molar-refractivity contribution >= 4 is 29.2 Å². The van der Waals surface area contributed by atoms with Gasteiger partial charge in [-0.2, -0.15) is 0 Å². The van der Waals surface area contributed by atoms with Crippen LogP contribution in [0.15, 0.2) is 48.5 Å². The summed E-state index contributed by atoms with van der Waals surface area (Å²) in [6, 6.07) is 14.4. The molecule has 0 amide bonds. The summed E-state index contributed by atoms with van der Waals surface area (Å²) in [5, 5.41) is 13.7. The third-order valence-corrected chi connectivity index (χ3v) is 4.34. The summed E-state index contributed by atoms with van der Waals surface area (Å²) in [5.74, 6) is -0.843. The highest BCUT2D eigenvalue weighted by molar-refractivity contribution is 6.35. The zero-order chi connectivity index (χ0) is 16.7. The van der Waals surface area contributed by atoms with Crippen molar-refractivity contribution in [1.29, 1.82) is 0 Å². The molecule has 2 rings (SSSR count). The van der Waals surface area contributed by atoms with E-state index in [0.29, 0.717) is 29.4 Å². The largest absolute Gasteiger partial charge is 0.480 e. The van der Waals surface area contributed by atoms with Gasteiger partial charge < -0.3 is 10.4 Å². The van der Waals surface area contributed by atoms with Crippen LogP contribution >= 0.6 is 23.2 Å². The number of aliphatic carboxylic acids is 1. The second kappa shape index (κ2) is 8.92. The van der Waals surface area contributed by atoms with E-state index < -0.39 is 12.0 Å². The smallest absolute Gasteiger partial charge is 0.321 e. The number of rotatable bonds is 8. The highest BCUT2D eigenvalue weighted by Gasteiger charge is 2.17. The molecule has 0 fully saturated rings. The molecule has 3 nitrogen and oxygen atoms in total. The van der Waals surface area contributed by atoms with E-state index in [1.165, 1.54) is 0 Å². The minimum Gasteiger partial charge on any atom is -0.480 e. The molecule has 2 N–H and O–H groups in total. The fourth-order valence-electron chi connectivity index (χ4n) is 2.41. The maximum absolute atomic E-state index is 11.4. The van der Waals surface area contributed by atoms with Crippen molar-refractivity contribution in [2.24, 2.45) is 0 Å². The highest BCUT2D eigenvalue weighted by atomic mass is 35.5. The minimum atomic E-state index is -0.843. The lowest BCUT2D eigenvalue weighted by Gasteiger charge is -2.15. The standard InChI is InChI=1S/C18H19Cl2NO2/c19-15-9-4-10-16(20)14(15)8-5-11-21-17(18(22)23)12-13-6-2-1-3-7-13/h1-4,6-7,9-10,17,21H,5,8,11-12H2,(H,22,23)/t17-/m0/s1. The highest BCUT2D eigenvalue weighted by Crippen LogP contribution is 2.25. The number of halogens is 2. The van der Waals surface area contributed by atoms with Gasteiger partial charge >= 0.3 is 5.97 Å². The van der Waals surface area contributed by atoms with Gasteiger partial charge in [0.1, 0.15) is 6.04 Å². The Morgan fingerprint density at radius 2 is 1.70 bits per heavy atom. The number of carbonyl (C=O) groups is 1. The fraction of sp³-hybridized carbons (Fsp3) is 0.278. The molecule has 0 saturated heterocycles. The molecule has 2 aromatic carbocycles. The van der Waals surface area contributed by atoms with Gasteiger partial charge in [0.15, 0.2) is 0 Å². The molecular formula is C18H19Cl2NO2. The first-order valence-electron chi connectivity index (χ1n) is 7.51. The van der Waals surface area contributed by atoms with Gasteiger partial charge in [-0.05, 0) is 49.1 Å². The molecule has 0 aliphatic heterocycles. The molecule has 122 valence electrons. The predicted octanol–water partition coefficient (Wildman–Crippen LogP) is 4.21. The average molecular weight is 352 g/mol. The van der Waals surface area contributed by atoms with Crippen molar-refractivity contribution in [3.05, 3.63) is 69.7 Å². The SMILES string of the molecule is O=C(O)[C@H](Cc1ccccc1)NCCCc1c(Cl)cccc1Cl. The third-order valence-electron chi connectivity index (χ3n) is 3.64. The molecule has 0 unspecified atom stereocenters. The van der Waals surface area contributed by atoms with Crippen molar-refractivity contribution in [3.8, 4) is 0 Å². The molecule has 0 bridgehead atoms. The first-order valence-corrected chi connectivity index (χ1v) is 8.26. The third kappa shape index (κ3) is 5.54. The average Bonchev–Trinajstić information content (AvgIpc) is 2.53. The van der Waals surface area contributed by atoms with Crippen molar-refractivity contribution in [1.82, 2.24) is 5.32 Å². The Labute approximate surface area is 146 Å². The van der Waals surface area contributed by atoms with Gasteiger partial charge in [0.2, 0.25) is 0 Å². The van der Waals surface area contributed by atoms with Crippen molar-refractivity contribution in [2.75, 3.05) is 6.54 Å². The summed E-state index contributed by atoms with van der Waals surface area (Å²) in [7, 11) is 0. The summed E-state index contributed by atoms with van der Waals surface area (Å²) in [6.07, 6.45) is 1.94. The van der Waals surface area contributed by atoms with Crippen LogP contribution in [-0.2, 0) is 17.6 Å². The number of carboxylic acid groups (broad SMARTS) is 1. The van der Waals surface area contributed by atoms with Crippen LogP contribution < -0.4 is 5.32 Å². The van der Waals surface area contributed by atoms with Gasteiger partial charge in [-0.15, -0.1) is 0 Å². The van der Waals surface area contributed by atoms with Crippen molar-refractivity contribution in [2.45, 2.75) is 25.3 Å². The van der Waals surface area contributed by atoms with E-state index in [9.17, 15) is 9.90 Å². The van der Waals surface area contributed by atoms with Gasteiger partial charge in [0.05, 0.1) is 0 Å². The Bertz CT molecular complexity index is 626. The topological polar surface area (TPSA) is 49.3 Å². The Morgan fingerprint density at radius 1 is 1.04 bits per heavy atom. The molecule has 23 heavy (non-hydrogen) atoms. The molecule has 2 aromatic rings. The molecule has 0 spiro atoms. The van der Waals surface area contributed by atoms with E-state index in [4.69, 9.17) is 23.2 Å². The summed E-state index contributed by atoms with van der Waals surface area (Å²) in [4.78, 5) is 11.4. The number of hydrogen-bond donors (Lipinski definition) is 2. The first kappa shape index (κ1) is 17.8. The van der Waals surface area contributed by atoms with Gasteiger partial charge in [0, 0.05) is 10.0 Å². The van der Waals surface area contributed by atoms with Crippen LogP contribution in [0.1, 0.15) is 17.5 Å². The van der Waals surface area contributed by atoms with E-state index in [1.54, 1.807) is 0 Å². The number of nitrogens with one attached hydrogen (secondary N) is 1. The van der Waals surface area contributed by atoms with E-state index in [2.05, 4.69) is 5.32 Å². The molecule has 0 saturated carbocycles. The van der Waals surface area contributed by atoms with Crippen LogP contribution in [0.5, 0.6) is 0 Å². The summed E-state index contributed by atoms with van der Waals surface area (Å²) >= 11 is 12.3. The summed E-state index contributed by atoms with van der Waals surface area (Å²) in [5.41, 5.74) is 1.91. The van der Waals surface area contributed by atoms with E-state index in [1.807, 2.05) is 48.5 Å². The van der Waals surface area contributed by atoms with Gasteiger partial charge in [0.25, 0.3) is 0 Å². The first-order chi connectivity index (χ1) is 11.1. The van der Waals surface area contributed by atoms with Crippen molar-refractivity contribution in [3.63, 3.8) is 0 Å². The lowest BCUT2D eigenvalue weighted by molar-refractivity contribution is -0.139. The number of carboxylic acids is 1. The van der Waals surface area contributed by atoms with Crippen LogP contribution in [0.3, 0.4) is 0 Å². The van der Waals surface area contributed by atoms with Gasteiger partial charge in [-0.25, -0.2) is 0 Å². The maximum Gasteiger partial charge on any atom is 0.321 e. The number of hydrogen-bond acceptors (Lipinski definition) is 2. The number of benzene rings is 2. The zero-order valence-electron chi connectivity index (χ0n) is 12.6. The molecule has 0 heterocycles. The van der Waals surface area contributed by atoms with E-state index >= 15 is 0 Å². The maximum atomic E-state index is 11.4. The fourth-order valence-corrected chi connectivity index (χ4v) is 3.00. The molecular weight excluding hydrogens is 333 g/mol. The zero-order valence-corrected chi connectivity index (χ0v) is 14.1. The monoisotopic (exact) mass is 351 g/mol. The van der Waals surface area contributed by atoms with Gasteiger partial charge in [-0.3, -0.25) is 4.79 Å². The second-order valence-corrected chi connectivity index (χ2v) is 6.15. The Balaban J connectivity index is 1.84. The van der Waals surface area contributed by atoms with Crippen LogP contribution in [0.2, 0.25) is 10.0 Å². The molecule has 0 aliphatic rings. The second-order valence-electron chi connectivity index (χ2n) is 5.34. The molecule has 0 radical (unpaired) electrons. The quantitative estimate of drug-likeness (QED) is 0.700. The Hall–Kier alpha value is -1.55.